The molecule has 1 aromatic carbocycles. The summed E-state index contributed by atoms with van der Waals surface area (Å²) in [7, 11) is 0. The number of pyridine rings is 1. The predicted octanol–water partition coefficient (Wildman–Crippen LogP) is 2.12. The van der Waals surface area contributed by atoms with Crippen LogP contribution < -0.4 is 5.73 Å². The minimum atomic E-state index is -0.498. The van der Waals surface area contributed by atoms with Crippen LogP contribution in [0.4, 0.5) is 10.1 Å². The second-order valence-corrected chi connectivity index (χ2v) is 3.68. The predicted molar refractivity (Wildman–Crippen MR) is 62.8 cm³/mol. The molecule has 0 radical (unpaired) electrons. The van der Waals surface area contributed by atoms with Gasteiger partial charge in [0.05, 0.1) is 11.9 Å². The standard InChI is InChI=1S/C12H9FN4/c13-9-7-17-11(6-10(9)14)15-12(16-17)8-4-2-1-3-5-8/h1-7H,14H2. The number of nitrogens with two attached hydrogens (primary N) is 1. The molecule has 0 unspecified atom stereocenters. The van der Waals surface area contributed by atoms with Gasteiger partial charge in [-0.25, -0.2) is 13.9 Å². The molecule has 2 N–H and O–H groups in total. The molecule has 17 heavy (non-hydrogen) atoms. The van der Waals surface area contributed by atoms with Crippen LogP contribution in [0.1, 0.15) is 0 Å². The van der Waals surface area contributed by atoms with Gasteiger partial charge in [-0.15, -0.1) is 5.10 Å². The SMILES string of the molecule is Nc1cc2nc(-c3ccccc3)nn2cc1F. The summed E-state index contributed by atoms with van der Waals surface area (Å²) in [4.78, 5) is 4.29. The molecule has 0 spiro atoms. The zero-order chi connectivity index (χ0) is 11.8. The van der Waals surface area contributed by atoms with Crippen molar-refractivity contribution < 1.29 is 4.39 Å². The molecule has 0 aliphatic rings. The average molecular weight is 228 g/mol. The van der Waals surface area contributed by atoms with Crippen molar-refractivity contribution in [3.8, 4) is 11.4 Å². The highest BCUT2D eigenvalue weighted by atomic mass is 19.1. The van der Waals surface area contributed by atoms with Crippen molar-refractivity contribution in [3.63, 3.8) is 0 Å². The van der Waals surface area contributed by atoms with Gasteiger partial charge in [-0.05, 0) is 0 Å². The third kappa shape index (κ3) is 1.61. The summed E-state index contributed by atoms with van der Waals surface area (Å²) in [6.07, 6.45) is 1.23. The Bertz CT molecular complexity index is 637. The summed E-state index contributed by atoms with van der Waals surface area (Å²) in [5, 5.41) is 4.19. The molecule has 0 saturated carbocycles. The summed E-state index contributed by atoms with van der Waals surface area (Å²) >= 11 is 0. The first-order valence-electron chi connectivity index (χ1n) is 5.11. The van der Waals surface area contributed by atoms with Crippen LogP contribution in [0, 0.1) is 5.82 Å². The Hall–Kier alpha value is -2.43. The lowest BCUT2D eigenvalue weighted by molar-refractivity contribution is 0.619. The van der Waals surface area contributed by atoms with Gasteiger partial charge in [0.15, 0.2) is 17.3 Å². The zero-order valence-electron chi connectivity index (χ0n) is 8.84. The maximum atomic E-state index is 13.2. The van der Waals surface area contributed by atoms with Gasteiger partial charge in [0.2, 0.25) is 0 Å². The van der Waals surface area contributed by atoms with Gasteiger partial charge in [0.25, 0.3) is 0 Å². The fraction of sp³-hybridized carbons (Fsp3) is 0. The lowest BCUT2D eigenvalue weighted by atomic mass is 10.2. The Morgan fingerprint density at radius 3 is 2.71 bits per heavy atom. The molecular weight excluding hydrogens is 219 g/mol. The largest absolute Gasteiger partial charge is 0.396 e. The number of nitrogen functional groups attached to an aromatic ring is 1. The van der Waals surface area contributed by atoms with Crippen molar-refractivity contribution in [1.82, 2.24) is 14.6 Å². The molecule has 4 nitrogen and oxygen atoms in total. The van der Waals surface area contributed by atoms with Crippen LogP contribution in [0.25, 0.3) is 17.0 Å². The Morgan fingerprint density at radius 2 is 1.94 bits per heavy atom. The van der Waals surface area contributed by atoms with Crippen LogP contribution >= 0.6 is 0 Å². The first-order chi connectivity index (χ1) is 8.24. The highest BCUT2D eigenvalue weighted by molar-refractivity contribution is 5.60. The van der Waals surface area contributed by atoms with E-state index in [4.69, 9.17) is 5.73 Å². The number of nitrogens with zero attached hydrogens (tertiary/aromatic N) is 3. The van der Waals surface area contributed by atoms with Crippen LogP contribution in [-0.4, -0.2) is 14.6 Å². The van der Waals surface area contributed by atoms with Crippen molar-refractivity contribution in [2.45, 2.75) is 0 Å². The van der Waals surface area contributed by atoms with Crippen LogP contribution in [0.3, 0.4) is 0 Å². The number of hydrogen-bond donors (Lipinski definition) is 1. The number of halogens is 1. The van der Waals surface area contributed by atoms with Gasteiger partial charge in [0.1, 0.15) is 0 Å². The molecule has 5 heteroatoms. The van der Waals surface area contributed by atoms with Crippen molar-refractivity contribution >= 4 is 11.3 Å². The van der Waals surface area contributed by atoms with Crippen molar-refractivity contribution in [2.24, 2.45) is 0 Å². The van der Waals surface area contributed by atoms with Crippen molar-refractivity contribution in [1.29, 1.82) is 0 Å². The summed E-state index contributed by atoms with van der Waals surface area (Å²) in [5.41, 5.74) is 6.97. The minimum Gasteiger partial charge on any atom is -0.396 e. The number of rotatable bonds is 1. The van der Waals surface area contributed by atoms with E-state index in [0.717, 1.165) is 5.56 Å². The number of aromatic nitrogens is 3. The summed E-state index contributed by atoms with van der Waals surface area (Å²) < 4.78 is 14.6. The second kappa shape index (κ2) is 3.55. The molecule has 0 fully saturated rings. The van der Waals surface area contributed by atoms with E-state index >= 15 is 0 Å². The molecule has 84 valence electrons. The summed E-state index contributed by atoms with van der Waals surface area (Å²) in [6, 6.07) is 11.0. The Kier molecular flexibility index (Phi) is 2.04. The molecule has 3 rings (SSSR count). The normalized spacial score (nSPS) is 10.9. The van der Waals surface area contributed by atoms with Gasteiger partial charge in [-0.1, -0.05) is 30.3 Å². The van der Waals surface area contributed by atoms with E-state index in [2.05, 4.69) is 10.1 Å². The summed E-state index contributed by atoms with van der Waals surface area (Å²) in [5.74, 6) is 0.0533. The molecule has 0 amide bonds. The van der Waals surface area contributed by atoms with Gasteiger partial charge in [-0.2, -0.15) is 0 Å². The van der Waals surface area contributed by atoms with Gasteiger partial charge in [-0.3, -0.25) is 0 Å². The van der Waals surface area contributed by atoms with E-state index in [-0.39, 0.29) is 5.69 Å². The fourth-order valence-electron chi connectivity index (χ4n) is 1.63. The third-order valence-corrected chi connectivity index (χ3v) is 2.49. The van der Waals surface area contributed by atoms with Gasteiger partial charge < -0.3 is 5.73 Å². The molecule has 3 aromatic rings. The second-order valence-electron chi connectivity index (χ2n) is 3.68. The van der Waals surface area contributed by atoms with Gasteiger partial charge in [0, 0.05) is 11.6 Å². The molecule has 0 atom stereocenters. The highest BCUT2D eigenvalue weighted by Crippen LogP contribution is 2.18. The van der Waals surface area contributed by atoms with Crippen LogP contribution in [0.2, 0.25) is 0 Å². The lowest BCUT2D eigenvalue weighted by Crippen LogP contribution is -1.95. The fourth-order valence-corrected chi connectivity index (χ4v) is 1.63. The molecule has 0 saturated heterocycles. The smallest absolute Gasteiger partial charge is 0.182 e. The Labute approximate surface area is 96.5 Å². The maximum Gasteiger partial charge on any atom is 0.182 e. The lowest BCUT2D eigenvalue weighted by Gasteiger charge is -1.95. The minimum absolute atomic E-state index is 0.0736. The maximum absolute atomic E-state index is 13.2. The van der Waals surface area contributed by atoms with E-state index in [9.17, 15) is 4.39 Å². The van der Waals surface area contributed by atoms with Crippen LogP contribution in [0.15, 0.2) is 42.6 Å². The molecule has 0 aliphatic carbocycles. The topological polar surface area (TPSA) is 56.2 Å². The van der Waals surface area contributed by atoms with Crippen LogP contribution in [-0.2, 0) is 0 Å². The number of benzene rings is 1. The van der Waals surface area contributed by atoms with E-state index in [0.29, 0.717) is 11.5 Å². The molecule has 2 heterocycles. The van der Waals surface area contributed by atoms with Crippen molar-refractivity contribution in [3.05, 3.63) is 48.4 Å². The van der Waals surface area contributed by atoms with E-state index in [1.807, 2.05) is 30.3 Å². The quantitative estimate of drug-likeness (QED) is 0.694. The summed E-state index contributed by atoms with van der Waals surface area (Å²) in [6.45, 7) is 0. The Morgan fingerprint density at radius 1 is 1.18 bits per heavy atom. The Balaban J connectivity index is 2.21. The first kappa shape index (κ1) is 9.77. The number of anilines is 1. The zero-order valence-corrected chi connectivity index (χ0v) is 8.84. The number of fused-ring (bicyclic) bond motifs is 1. The average Bonchev–Trinajstić information content (AvgIpc) is 2.74. The molecular formula is C12H9FN4. The van der Waals surface area contributed by atoms with Gasteiger partial charge >= 0.3 is 0 Å². The highest BCUT2D eigenvalue weighted by Gasteiger charge is 2.08. The molecule has 0 aliphatic heterocycles. The van der Waals surface area contributed by atoms with Crippen LogP contribution in [0.5, 0.6) is 0 Å². The number of hydrogen-bond acceptors (Lipinski definition) is 3. The molecule has 0 bridgehead atoms. The van der Waals surface area contributed by atoms with E-state index in [1.54, 1.807) is 0 Å². The monoisotopic (exact) mass is 228 g/mol. The third-order valence-electron chi connectivity index (χ3n) is 2.49. The molecule has 2 aromatic heterocycles. The van der Waals surface area contributed by atoms with Crippen molar-refractivity contribution in [2.75, 3.05) is 5.73 Å². The van der Waals surface area contributed by atoms with E-state index < -0.39 is 5.82 Å². The van der Waals surface area contributed by atoms with E-state index in [1.165, 1.54) is 16.8 Å². The first-order valence-corrected chi connectivity index (χ1v) is 5.11.